The van der Waals surface area contributed by atoms with E-state index in [1.54, 1.807) is 18.2 Å². The van der Waals surface area contributed by atoms with Crippen LogP contribution in [0.3, 0.4) is 0 Å². The SMILES string of the molecule is CCN1CCN(c2ccc(Cc3cc4cc(C(=O)O)oc4cn3)c([N+](=O)[O-])c2)CC1. The molecule has 1 aromatic carbocycles. The maximum absolute atomic E-state index is 11.7. The molecule has 9 nitrogen and oxygen atoms in total. The third kappa shape index (κ3) is 3.97. The molecule has 0 spiro atoms. The number of hydrogen-bond donors (Lipinski definition) is 1. The number of carboxylic acids is 1. The van der Waals surface area contributed by atoms with Crippen LogP contribution in [0.4, 0.5) is 11.4 Å². The molecular weight excluding hydrogens is 388 g/mol. The van der Waals surface area contributed by atoms with E-state index in [0.29, 0.717) is 22.2 Å². The van der Waals surface area contributed by atoms with E-state index in [1.807, 2.05) is 6.07 Å². The van der Waals surface area contributed by atoms with Crippen LogP contribution < -0.4 is 4.90 Å². The summed E-state index contributed by atoms with van der Waals surface area (Å²) in [5.41, 5.74) is 2.45. The normalized spacial score (nSPS) is 14.9. The first-order valence-electron chi connectivity index (χ1n) is 9.81. The third-order valence-corrected chi connectivity index (χ3v) is 5.49. The molecule has 30 heavy (non-hydrogen) atoms. The highest BCUT2D eigenvalue weighted by atomic mass is 16.6. The number of hydrogen-bond acceptors (Lipinski definition) is 7. The zero-order valence-corrected chi connectivity index (χ0v) is 16.6. The zero-order chi connectivity index (χ0) is 21.3. The number of nitro groups is 1. The van der Waals surface area contributed by atoms with Gasteiger partial charge in [-0.1, -0.05) is 6.92 Å². The number of aromatic carboxylic acids is 1. The maximum Gasteiger partial charge on any atom is 0.371 e. The Morgan fingerprint density at radius 3 is 2.67 bits per heavy atom. The summed E-state index contributed by atoms with van der Waals surface area (Å²) in [4.78, 5) is 31.2. The molecule has 0 radical (unpaired) electrons. The third-order valence-electron chi connectivity index (χ3n) is 5.49. The minimum absolute atomic E-state index is 0.0609. The van der Waals surface area contributed by atoms with Crippen molar-refractivity contribution >= 4 is 28.3 Å². The molecule has 2 aromatic heterocycles. The number of anilines is 1. The van der Waals surface area contributed by atoms with Crippen molar-refractivity contribution in [3.05, 3.63) is 63.7 Å². The predicted molar refractivity (Wildman–Crippen MR) is 111 cm³/mol. The van der Waals surface area contributed by atoms with Gasteiger partial charge in [0.15, 0.2) is 5.58 Å². The average Bonchev–Trinajstić information content (AvgIpc) is 3.18. The van der Waals surface area contributed by atoms with Gasteiger partial charge in [-0.15, -0.1) is 0 Å². The summed E-state index contributed by atoms with van der Waals surface area (Å²) >= 11 is 0. The lowest BCUT2D eigenvalue weighted by Gasteiger charge is -2.35. The topological polar surface area (TPSA) is 113 Å². The largest absolute Gasteiger partial charge is 0.475 e. The minimum Gasteiger partial charge on any atom is -0.475 e. The minimum atomic E-state index is -1.15. The van der Waals surface area contributed by atoms with Gasteiger partial charge in [0, 0.05) is 61.0 Å². The first-order valence-corrected chi connectivity index (χ1v) is 9.81. The van der Waals surface area contributed by atoms with Crippen molar-refractivity contribution in [2.75, 3.05) is 37.6 Å². The van der Waals surface area contributed by atoms with Crippen molar-refractivity contribution in [1.82, 2.24) is 9.88 Å². The van der Waals surface area contributed by atoms with E-state index in [0.717, 1.165) is 38.4 Å². The Labute approximate surface area is 172 Å². The number of rotatable bonds is 6. The van der Waals surface area contributed by atoms with Crippen LogP contribution in [0.5, 0.6) is 0 Å². The van der Waals surface area contributed by atoms with Gasteiger partial charge < -0.3 is 19.3 Å². The van der Waals surface area contributed by atoms with Gasteiger partial charge in [-0.25, -0.2) is 4.79 Å². The number of benzene rings is 1. The first kappa shape index (κ1) is 19.8. The van der Waals surface area contributed by atoms with Gasteiger partial charge in [0.05, 0.1) is 11.1 Å². The summed E-state index contributed by atoms with van der Waals surface area (Å²) in [6, 6.07) is 8.46. The molecular formula is C21H22N4O5. The second-order valence-corrected chi connectivity index (χ2v) is 7.30. The highest BCUT2D eigenvalue weighted by Crippen LogP contribution is 2.29. The molecule has 4 rings (SSSR count). The molecule has 3 heterocycles. The van der Waals surface area contributed by atoms with Crippen LogP contribution in [0.25, 0.3) is 11.0 Å². The Bertz CT molecular complexity index is 1100. The van der Waals surface area contributed by atoms with Gasteiger partial charge in [0.1, 0.15) is 0 Å². The molecule has 1 fully saturated rings. The number of carboxylic acid groups (broad SMARTS) is 1. The second kappa shape index (κ2) is 8.11. The summed E-state index contributed by atoms with van der Waals surface area (Å²) in [5.74, 6) is -1.32. The fraction of sp³-hybridized carbons (Fsp3) is 0.333. The summed E-state index contributed by atoms with van der Waals surface area (Å²) < 4.78 is 5.22. The highest BCUT2D eigenvalue weighted by molar-refractivity contribution is 5.91. The number of aromatic nitrogens is 1. The van der Waals surface area contributed by atoms with Gasteiger partial charge in [-0.2, -0.15) is 0 Å². The molecule has 0 atom stereocenters. The van der Waals surface area contributed by atoms with Crippen LogP contribution >= 0.6 is 0 Å². The van der Waals surface area contributed by atoms with Crippen molar-refractivity contribution in [2.45, 2.75) is 13.3 Å². The Kier molecular flexibility index (Phi) is 5.37. The van der Waals surface area contributed by atoms with E-state index < -0.39 is 5.97 Å². The number of nitrogens with zero attached hydrogens (tertiary/aromatic N) is 4. The monoisotopic (exact) mass is 410 g/mol. The molecule has 1 aliphatic rings. The van der Waals surface area contributed by atoms with E-state index in [2.05, 4.69) is 21.7 Å². The molecule has 3 aromatic rings. The van der Waals surface area contributed by atoms with Gasteiger partial charge in [-0.3, -0.25) is 15.1 Å². The quantitative estimate of drug-likeness (QED) is 0.487. The van der Waals surface area contributed by atoms with E-state index in [1.165, 1.54) is 12.3 Å². The molecule has 0 aliphatic carbocycles. The summed E-state index contributed by atoms with van der Waals surface area (Å²) in [6.07, 6.45) is 1.72. The van der Waals surface area contributed by atoms with Crippen molar-refractivity contribution < 1.29 is 19.2 Å². The summed E-state index contributed by atoms with van der Waals surface area (Å²) in [6.45, 7) is 6.71. The molecule has 156 valence electrons. The molecule has 1 N–H and O–H groups in total. The Morgan fingerprint density at radius 2 is 2.00 bits per heavy atom. The second-order valence-electron chi connectivity index (χ2n) is 7.30. The van der Waals surface area contributed by atoms with E-state index in [4.69, 9.17) is 9.52 Å². The fourth-order valence-electron chi connectivity index (χ4n) is 3.78. The van der Waals surface area contributed by atoms with E-state index in [9.17, 15) is 14.9 Å². The lowest BCUT2D eigenvalue weighted by atomic mass is 10.0. The van der Waals surface area contributed by atoms with Gasteiger partial charge in [0.25, 0.3) is 5.69 Å². The van der Waals surface area contributed by atoms with Crippen molar-refractivity contribution in [3.8, 4) is 0 Å². The molecule has 0 bridgehead atoms. The Hall–Kier alpha value is -3.46. The summed E-state index contributed by atoms with van der Waals surface area (Å²) in [5, 5.41) is 21.4. The summed E-state index contributed by atoms with van der Waals surface area (Å²) in [7, 11) is 0. The van der Waals surface area contributed by atoms with Crippen LogP contribution in [0, 0.1) is 10.1 Å². The van der Waals surface area contributed by atoms with Crippen molar-refractivity contribution in [1.29, 1.82) is 0 Å². The lowest BCUT2D eigenvalue weighted by Crippen LogP contribution is -2.46. The van der Waals surface area contributed by atoms with E-state index >= 15 is 0 Å². The number of furan rings is 1. The first-order chi connectivity index (χ1) is 14.4. The number of pyridine rings is 1. The highest BCUT2D eigenvalue weighted by Gasteiger charge is 2.21. The number of nitro benzene ring substituents is 1. The molecule has 9 heteroatoms. The zero-order valence-electron chi connectivity index (χ0n) is 16.6. The van der Waals surface area contributed by atoms with Gasteiger partial charge in [-0.05, 0) is 30.8 Å². The van der Waals surface area contributed by atoms with Crippen molar-refractivity contribution in [3.63, 3.8) is 0 Å². The Balaban J connectivity index is 1.58. The predicted octanol–water partition coefficient (Wildman–Crippen LogP) is 3.17. The molecule has 0 amide bonds. The van der Waals surface area contributed by atoms with Gasteiger partial charge in [0.2, 0.25) is 5.76 Å². The molecule has 0 saturated carbocycles. The lowest BCUT2D eigenvalue weighted by molar-refractivity contribution is -0.385. The standard InChI is InChI=1S/C21H22N4O5/c1-2-23-5-7-24(8-6-23)17-4-3-14(18(12-17)25(28)29)9-16-10-15-11-19(21(26)27)30-20(15)13-22-16/h3-4,10-13H,2,5-9H2,1H3,(H,26,27). The smallest absolute Gasteiger partial charge is 0.371 e. The van der Waals surface area contributed by atoms with Crippen LogP contribution in [-0.2, 0) is 6.42 Å². The number of carbonyl (C=O) groups is 1. The van der Waals surface area contributed by atoms with Crippen LogP contribution in [0.1, 0.15) is 28.7 Å². The van der Waals surface area contributed by atoms with Crippen LogP contribution in [-0.4, -0.2) is 58.6 Å². The van der Waals surface area contributed by atoms with Crippen LogP contribution in [0.15, 0.2) is 40.9 Å². The number of likely N-dealkylation sites (N-methyl/N-ethyl adjacent to an activating group) is 1. The van der Waals surface area contributed by atoms with Gasteiger partial charge >= 0.3 is 5.97 Å². The van der Waals surface area contributed by atoms with Crippen LogP contribution in [0.2, 0.25) is 0 Å². The number of fused-ring (bicyclic) bond motifs is 1. The average molecular weight is 410 g/mol. The Morgan fingerprint density at radius 1 is 1.23 bits per heavy atom. The molecule has 0 unspecified atom stereocenters. The fourth-order valence-corrected chi connectivity index (χ4v) is 3.78. The molecule has 1 aliphatic heterocycles. The number of piperazine rings is 1. The maximum atomic E-state index is 11.7. The van der Waals surface area contributed by atoms with E-state index in [-0.39, 0.29) is 22.8 Å². The molecule has 1 saturated heterocycles. The van der Waals surface area contributed by atoms with Crippen molar-refractivity contribution in [2.24, 2.45) is 0 Å².